The quantitative estimate of drug-likeness (QED) is 0.825. The van der Waals surface area contributed by atoms with Crippen molar-refractivity contribution in [1.29, 1.82) is 0 Å². The minimum Gasteiger partial charge on any atom is -0.465 e. The van der Waals surface area contributed by atoms with E-state index in [1.54, 1.807) is 37.3 Å². The van der Waals surface area contributed by atoms with Crippen LogP contribution in [0.1, 0.15) is 44.7 Å². The first kappa shape index (κ1) is 18.6. The van der Waals surface area contributed by atoms with Gasteiger partial charge in [0.15, 0.2) is 0 Å². The fourth-order valence-electron chi connectivity index (χ4n) is 3.15. The number of benzene rings is 2. The smallest absolute Gasteiger partial charge is 0.338 e. The molecule has 1 aliphatic rings. The molecule has 0 aromatic heterocycles. The van der Waals surface area contributed by atoms with Gasteiger partial charge in [0.1, 0.15) is 0 Å². The molecule has 0 unspecified atom stereocenters. The Balaban J connectivity index is 1.70. The highest BCUT2D eigenvalue weighted by Crippen LogP contribution is 2.21. The lowest BCUT2D eigenvalue weighted by Gasteiger charge is -2.15. The first-order valence-electron chi connectivity index (χ1n) is 8.85. The van der Waals surface area contributed by atoms with Crippen LogP contribution in [0, 0.1) is 6.92 Å². The van der Waals surface area contributed by atoms with Crippen molar-refractivity contribution in [1.82, 2.24) is 4.90 Å². The van der Waals surface area contributed by atoms with Crippen LogP contribution >= 0.6 is 0 Å². The SMILES string of the molecule is COC(=O)c1cccc(NC(=O)c2ccc(CN3CCCC3=O)cc2)c1C. The Hall–Kier alpha value is -3.15. The Bertz CT molecular complexity index is 874. The van der Waals surface area contributed by atoms with E-state index in [-0.39, 0.29) is 11.8 Å². The van der Waals surface area contributed by atoms with Gasteiger partial charge in [-0.2, -0.15) is 0 Å². The van der Waals surface area contributed by atoms with Crippen molar-refractivity contribution in [3.63, 3.8) is 0 Å². The molecular weight excluding hydrogens is 344 g/mol. The lowest BCUT2D eigenvalue weighted by Crippen LogP contribution is -2.23. The Kier molecular flexibility index (Phi) is 5.54. The summed E-state index contributed by atoms with van der Waals surface area (Å²) in [6.07, 6.45) is 1.52. The van der Waals surface area contributed by atoms with E-state index in [4.69, 9.17) is 4.74 Å². The summed E-state index contributed by atoms with van der Waals surface area (Å²) in [5.41, 5.74) is 3.14. The van der Waals surface area contributed by atoms with Crippen LogP contribution in [0.3, 0.4) is 0 Å². The standard InChI is InChI=1S/C21H22N2O4/c1-14-17(21(26)27-2)5-3-6-18(14)22-20(25)16-10-8-15(9-11-16)13-23-12-4-7-19(23)24/h3,5-6,8-11H,4,7,12-13H2,1-2H3,(H,22,25). The Labute approximate surface area is 158 Å². The number of carbonyl (C=O) groups is 3. The van der Waals surface area contributed by atoms with Gasteiger partial charge in [-0.25, -0.2) is 4.79 Å². The van der Waals surface area contributed by atoms with Crippen LogP contribution in [0.25, 0.3) is 0 Å². The molecule has 6 nitrogen and oxygen atoms in total. The second kappa shape index (κ2) is 8.03. The monoisotopic (exact) mass is 366 g/mol. The van der Waals surface area contributed by atoms with Gasteiger partial charge in [-0.3, -0.25) is 9.59 Å². The molecule has 1 aliphatic heterocycles. The van der Waals surface area contributed by atoms with Crippen LogP contribution in [-0.4, -0.2) is 36.3 Å². The minimum absolute atomic E-state index is 0.179. The number of nitrogens with one attached hydrogen (secondary N) is 1. The van der Waals surface area contributed by atoms with Gasteiger partial charge < -0.3 is 15.0 Å². The lowest BCUT2D eigenvalue weighted by atomic mass is 10.1. The largest absolute Gasteiger partial charge is 0.465 e. The van der Waals surface area contributed by atoms with Gasteiger partial charge in [0, 0.05) is 30.8 Å². The maximum absolute atomic E-state index is 12.5. The predicted molar refractivity (Wildman–Crippen MR) is 102 cm³/mol. The molecule has 27 heavy (non-hydrogen) atoms. The first-order chi connectivity index (χ1) is 13.0. The van der Waals surface area contributed by atoms with Gasteiger partial charge >= 0.3 is 5.97 Å². The summed E-state index contributed by atoms with van der Waals surface area (Å²) >= 11 is 0. The van der Waals surface area contributed by atoms with Crippen LogP contribution in [0.15, 0.2) is 42.5 Å². The molecule has 0 aliphatic carbocycles. The highest BCUT2D eigenvalue weighted by molar-refractivity contribution is 6.05. The zero-order valence-electron chi connectivity index (χ0n) is 15.5. The molecule has 1 saturated heterocycles. The van der Waals surface area contributed by atoms with Crippen LogP contribution in [0.5, 0.6) is 0 Å². The van der Waals surface area contributed by atoms with Gasteiger partial charge in [-0.15, -0.1) is 0 Å². The third kappa shape index (κ3) is 4.16. The molecule has 1 heterocycles. The number of esters is 1. The van der Waals surface area contributed by atoms with E-state index in [9.17, 15) is 14.4 Å². The predicted octanol–water partition coefficient (Wildman–Crippen LogP) is 3.16. The number of methoxy groups -OCH3 is 1. The van der Waals surface area contributed by atoms with Crippen molar-refractivity contribution in [2.75, 3.05) is 19.0 Å². The van der Waals surface area contributed by atoms with E-state index in [1.165, 1.54) is 7.11 Å². The van der Waals surface area contributed by atoms with E-state index in [0.29, 0.717) is 35.3 Å². The Morgan fingerprint density at radius 1 is 1.15 bits per heavy atom. The highest BCUT2D eigenvalue weighted by Gasteiger charge is 2.20. The maximum Gasteiger partial charge on any atom is 0.338 e. The number of hydrogen-bond acceptors (Lipinski definition) is 4. The Morgan fingerprint density at radius 3 is 2.52 bits per heavy atom. The minimum atomic E-state index is -0.440. The summed E-state index contributed by atoms with van der Waals surface area (Å²) in [6, 6.07) is 12.3. The van der Waals surface area contributed by atoms with E-state index in [1.807, 2.05) is 17.0 Å². The summed E-state index contributed by atoms with van der Waals surface area (Å²) in [5.74, 6) is -0.522. The molecule has 3 rings (SSSR count). The molecule has 6 heteroatoms. The normalized spacial score (nSPS) is 13.6. The van der Waals surface area contributed by atoms with Gasteiger partial charge in [0.25, 0.3) is 5.91 Å². The average molecular weight is 366 g/mol. The molecule has 2 amide bonds. The molecular formula is C21H22N2O4. The maximum atomic E-state index is 12.5. The van der Waals surface area contributed by atoms with Gasteiger partial charge in [0.05, 0.1) is 12.7 Å². The second-order valence-corrected chi connectivity index (χ2v) is 6.54. The molecule has 2 aromatic carbocycles. The van der Waals surface area contributed by atoms with Crippen molar-refractivity contribution < 1.29 is 19.1 Å². The Morgan fingerprint density at radius 2 is 1.89 bits per heavy atom. The number of likely N-dealkylation sites (tertiary alicyclic amines) is 1. The van der Waals surface area contributed by atoms with E-state index >= 15 is 0 Å². The van der Waals surface area contributed by atoms with Crippen LogP contribution in [0.2, 0.25) is 0 Å². The van der Waals surface area contributed by atoms with Crippen LogP contribution in [-0.2, 0) is 16.1 Å². The summed E-state index contributed by atoms with van der Waals surface area (Å²) < 4.78 is 4.76. The van der Waals surface area contributed by atoms with Crippen molar-refractivity contribution >= 4 is 23.5 Å². The first-order valence-corrected chi connectivity index (χ1v) is 8.85. The highest BCUT2D eigenvalue weighted by atomic mass is 16.5. The molecule has 0 spiro atoms. The molecule has 2 aromatic rings. The number of ether oxygens (including phenoxy) is 1. The van der Waals surface area contributed by atoms with Crippen LogP contribution in [0.4, 0.5) is 5.69 Å². The molecule has 1 fully saturated rings. The van der Waals surface area contributed by atoms with Crippen molar-refractivity contribution in [3.05, 3.63) is 64.7 Å². The van der Waals surface area contributed by atoms with Crippen molar-refractivity contribution in [3.8, 4) is 0 Å². The lowest BCUT2D eigenvalue weighted by molar-refractivity contribution is -0.128. The molecule has 140 valence electrons. The molecule has 0 saturated carbocycles. The fraction of sp³-hybridized carbons (Fsp3) is 0.286. The second-order valence-electron chi connectivity index (χ2n) is 6.54. The fourth-order valence-corrected chi connectivity index (χ4v) is 3.15. The molecule has 0 radical (unpaired) electrons. The van der Waals surface area contributed by atoms with Crippen molar-refractivity contribution in [2.45, 2.75) is 26.3 Å². The van der Waals surface area contributed by atoms with Crippen molar-refractivity contribution in [2.24, 2.45) is 0 Å². The number of nitrogens with zero attached hydrogens (tertiary/aromatic N) is 1. The third-order valence-electron chi connectivity index (χ3n) is 4.75. The van der Waals surface area contributed by atoms with E-state index in [2.05, 4.69) is 5.32 Å². The topological polar surface area (TPSA) is 75.7 Å². The summed E-state index contributed by atoms with van der Waals surface area (Å²) in [7, 11) is 1.32. The van der Waals surface area contributed by atoms with E-state index in [0.717, 1.165) is 18.5 Å². The summed E-state index contributed by atoms with van der Waals surface area (Å²) in [6.45, 7) is 3.12. The number of carbonyl (C=O) groups excluding carboxylic acids is 3. The number of anilines is 1. The van der Waals surface area contributed by atoms with Crippen LogP contribution < -0.4 is 5.32 Å². The van der Waals surface area contributed by atoms with Gasteiger partial charge in [0.2, 0.25) is 5.91 Å². The zero-order chi connectivity index (χ0) is 19.4. The number of amides is 2. The summed E-state index contributed by atoms with van der Waals surface area (Å²) in [4.78, 5) is 37.9. The summed E-state index contributed by atoms with van der Waals surface area (Å²) in [5, 5.41) is 2.83. The van der Waals surface area contributed by atoms with E-state index < -0.39 is 5.97 Å². The van der Waals surface area contributed by atoms with Gasteiger partial charge in [-0.05, 0) is 48.7 Å². The number of rotatable bonds is 5. The molecule has 0 bridgehead atoms. The molecule has 1 N–H and O–H groups in total. The van der Waals surface area contributed by atoms with Gasteiger partial charge in [-0.1, -0.05) is 18.2 Å². The average Bonchev–Trinajstić information content (AvgIpc) is 3.08. The third-order valence-corrected chi connectivity index (χ3v) is 4.75. The molecule has 0 atom stereocenters. The number of hydrogen-bond donors (Lipinski definition) is 1. The zero-order valence-corrected chi connectivity index (χ0v) is 15.5.